The van der Waals surface area contributed by atoms with Crippen LogP contribution in [0.5, 0.6) is 0 Å². The quantitative estimate of drug-likeness (QED) is 0.220. The molecule has 0 saturated heterocycles. The Morgan fingerprint density at radius 1 is 0.689 bits per heavy atom. The van der Waals surface area contributed by atoms with E-state index in [9.17, 15) is 9.59 Å². The maximum absolute atomic E-state index is 14.1. The number of fused-ring (bicyclic) bond motifs is 3. The number of benzene rings is 5. The van der Waals surface area contributed by atoms with Gasteiger partial charge in [-0.15, -0.1) is 0 Å². The highest BCUT2D eigenvalue weighted by Crippen LogP contribution is 2.41. The minimum absolute atomic E-state index is 0.100. The van der Waals surface area contributed by atoms with Crippen LogP contribution in [-0.4, -0.2) is 23.3 Å². The molecule has 1 aliphatic heterocycles. The summed E-state index contributed by atoms with van der Waals surface area (Å²) in [6, 6.07) is 45.4. The van der Waals surface area contributed by atoms with Gasteiger partial charge in [-0.05, 0) is 78.1 Å². The molecule has 5 aromatic carbocycles. The summed E-state index contributed by atoms with van der Waals surface area (Å²) in [4.78, 5) is 34.0. The van der Waals surface area contributed by atoms with Gasteiger partial charge in [0, 0.05) is 34.5 Å². The summed E-state index contributed by atoms with van der Waals surface area (Å²) >= 11 is 0. The number of hydrogen-bond donors (Lipinski definition) is 1. The Kier molecular flexibility index (Phi) is 7.50. The standard InChI is InChI=1S/C40H31N3O2/c1-27-12-8-9-17-32(27)39(44)41-31-22-20-30(21-23-31)40(45)43-25-24-33-35(28-13-4-2-5-14-28)26-36(29-15-6-3-7-16-29)42-38(33)34-18-10-11-19-37(34)43/h2-23,26H,24-25H2,1H3,(H,41,44). The zero-order valence-corrected chi connectivity index (χ0v) is 24.9. The molecule has 7 rings (SSSR count). The molecule has 0 bridgehead atoms. The minimum Gasteiger partial charge on any atom is -0.322 e. The van der Waals surface area contributed by atoms with Crippen LogP contribution in [0.4, 0.5) is 11.4 Å². The second-order valence-corrected chi connectivity index (χ2v) is 11.2. The molecule has 6 aromatic rings. The Bertz CT molecular complexity index is 2020. The van der Waals surface area contributed by atoms with Crippen molar-refractivity contribution in [2.24, 2.45) is 0 Å². The predicted molar refractivity (Wildman–Crippen MR) is 181 cm³/mol. The van der Waals surface area contributed by atoms with Crippen molar-refractivity contribution < 1.29 is 9.59 Å². The number of carbonyl (C=O) groups excluding carboxylic acids is 2. The Balaban J connectivity index is 1.25. The molecule has 5 heteroatoms. The van der Waals surface area contributed by atoms with Crippen LogP contribution in [0.3, 0.4) is 0 Å². The van der Waals surface area contributed by atoms with E-state index in [1.54, 1.807) is 30.3 Å². The fourth-order valence-corrected chi connectivity index (χ4v) is 6.02. The van der Waals surface area contributed by atoms with Crippen molar-refractivity contribution in [2.45, 2.75) is 13.3 Å². The van der Waals surface area contributed by atoms with Crippen LogP contribution in [-0.2, 0) is 6.42 Å². The van der Waals surface area contributed by atoms with E-state index in [1.807, 2.05) is 72.5 Å². The largest absolute Gasteiger partial charge is 0.322 e. The number of amides is 2. The van der Waals surface area contributed by atoms with Crippen LogP contribution >= 0.6 is 0 Å². The maximum atomic E-state index is 14.1. The molecule has 2 amide bonds. The van der Waals surface area contributed by atoms with Gasteiger partial charge in [-0.1, -0.05) is 97.1 Å². The molecule has 0 aliphatic carbocycles. The van der Waals surface area contributed by atoms with E-state index >= 15 is 0 Å². The number of aryl methyl sites for hydroxylation is 1. The number of nitrogens with one attached hydrogen (secondary N) is 1. The van der Waals surface area contributed by atoms with Gasteiger partial charge in [0.2, 0.25) is 0 Å². The van der Waals surface area contributed by atoms with E-state index in [0.717, 1.165) is 50.5 Å². The van der Waals surface area contributed by atoms with E-state index in [-0.39, 0.29) is 11.8 Å². The highest BCUT2D eigenvalue weighted by atomic mass is 16.2. The van der Waals surface area contributed by atoms with E-state index in [2.05, 4.69) is 53.8 Å². The molecule has 0 radical (unpaired) electrons. The van der Waals surface area contributed by atoms with Gasteiger partial charge in [-0.25, -0.2) is 4.98 Å². The summed E-state index contributed by atoms with van der Waals surface area (Å²) in [7, 11) is 0. The number of anilines is 2. The third kappa shape index (κ3) is 5.52. The van der Waals surface area contributed by atoms with Crippen LogP contribution in [0, 0.1) is 6.92 Å². The van der Waals surface area contributed by atoms with Crippen LogP contribution in [0.15, 0.2) is 140 Å². The Hall–Kier alpha value is -5.81. The molecule has 2 heterocycles. The van der Waals surface area contributed by atoms with Gasteiger partial charge in [0.25, 0.3) is 11.8 Å². The van der Waals surface area contributed by atoms with Gasteiger partial charge >= 0.3 is 0 Å². The zero-order valence-electron chi connectivity index (χ0n) is 24.9. The van der Waals surface area contributed by atoms with Gasteiger partial charge in [-0.3, -0.25) is 9.59 Å². The van der Waals surface area contributed by atoms with Crippen molar-refractivity contribution in [2.75, 3.05) is 16.8 Å². The molecule has 5 nitrogen and oxygen atoms in total. The van der Waals surface area contributed by atoms with Gasteiger partial charge in [0.1, 0.15) is 0 Å². The lowest BCUT2D eigenvalue weighted by atomic mass is 9.92. The number of rotatable bonds is 5. The average molecular weight is 586 g/mol. The second-order valence-electron chi connectivity index (χ2n) is 11.2. The van der Waals surface area contributed by atoms with Crippen molar-refractivity contribution in [3.05, 3.63) is 162 Å². The fourth-order valence-electron chi connectivity index (χ4n) is 6.02. The summed E-state index contributed by atoms with van der Waals surface area (Å²) in [5.74, 6) is -0.278. The summed E-state index contributed by atoms with van der Waals surface area (Å²) < 4.78 is 0. The molecular formula is C40H31N3O2. The number of hydrogen-bond acceptors (Lipinski definition) is 3. The molecule has 1 N–H and O–H groups in total. The fraction of sp³-hybridized carbons (Fsp3) is 0.0750. The lowest BCUT2D eigenvalue weighted by Crippen LogP contribution is -2.32. The van der Waals surface area contributed by atoms with Crippen LogP contribution in [0.25, 0.3) is 33.6 Å². The molecule has 45 heavy (non-hydrogen) atoms. The van der Waals surface area contributed by atoms with Crippen molar-refractivity contribution in [1.29, 1.82) is 0 Å². The summed E-state index contributed by atoms with van der Waals surface area (Å²) in [6.45, 7) is 2.41. The third-order valence-corrected chi connectivity index (χ3v) is 8.34. The highest BCUT2D eigenvalue weighted by Gasteiger charge is 2.28. The van der Waals surface area contributed by atoms with E-state index < -0.39 is 0 Å². The highest BCUT2D eigenvalue weighted by molar-refractivity contribution is 6.09. The SMILES string of the molecule is Cc1ccccc1C(=O)Nc1ccc(C(=O)N2CCc3c(-c4ccccc4)cc(-c4ccccc4)nc3-c3ccccc32)cc1. The number of aromatic nitrogens is 1. The molecule has 0 fully saturated rings. The summed E-state index contributed by atoms with van der Waals surface area (Å²) in [5, 5.41) is 2.95. The summed E-state index contributed by atoms with van der Waals surface area (Å²) in [5.41, 5.74) is 10.7. The molecular weight excluding hydrogens is 554 g/mol. The van der Waals surface area contributed by atoms with Crippen LogP contribution < -0.4 is 10.2 Å². The Morgan fingerprint density at radius 2 is 1.33 bits per heavy atom. The van der Waals surface area contributed by atoms with Crippen molar-refractivity contribution in [1.82, 2.24) is 4.98 Å². The number of nitrogens with zero attached hydrogens (tertiary/aromatic N) is 2. The van der Waals surface area contributed by atoms with E-state index in [0.29, 0.717) is 29.8 Å². The lowest BCUT2D eigenvalue weighted by Gasteiger charge is -2.23. The maximum Gasteiger partial charge on any atom is 0.258 e. The average Bonchev–Trinajstić information content (AvgIpc) is 3.26. The molecule has 1 aromatic heterocycles. The van der Waals surface area contributed by atoms with Gasteiger partial charge < -0.3 is 10.2 Å². The van der Waals surface area contributed by atoms with E-state index in [1.165, 1.54) is 0 Å². The van der Waals surface area contributed by atoms with Gasteiger partial charge in [-0.2, -0.15) is 0 Å². The summed E-state index contributed by atoms with van der Waals surface area (Å²) in [6.07, 6.45) is 0.645. The first-order valence-electron chi connectivity index (χ1n) is 15.1. The lowest BCUT2D eigenvalue weighted by molar-refractivity contribution is 0.0986. The van der Waals surface area contributed by atoms with Crippen LogP contribution in [0.2, 0.25) is 0 Å². The van der Waals surface area contributed by atoms with Crippen molar-refractivity contribution >= 4 is 23.2 Å². The smallest absolute Gasteiger partial charge is 0.258 e. The number of pyridine rings is 1. The molecule has 218 valence electrons. The zero-order chi connectivity index (χ0) is 30.8. The molecule has 0 saturated carbocycles. The second kappa shape index (κ2) is 12.1. The van der Waals surface area contributed by atoms with Crippen molar-refractivity contribution in [3.8, 4) is 33.6 Å². The first-order valence-corrected chi connectivity index (χ1v) is 15.1. The number of para-hydroxylation sites is 1. The molecule has 1 aliphatic rings. The molecule has 0 unspecified atom stereocenters. The van der Waals surface area contributed by atoms with E-state index in [4.69, 9.17) is 4.98 Å². The minimum atomic E-state index is -0.178. The van der Waals surface area contributed by atoms with Gasteiger partial charge in [0.15, 0.2) is 0 Å². The Morgan fingerprint density at radius 3 is 2.07 bits per heavy atom. The first-order chi connectivity index (χ1) is 22.1. The third-order valence-electron chi connectivity index (χ3n) is 8.34. The predicted octanol–water partition coefficient (Wildman–Crippen LogP) is 8.85. The first kappa shape index (κ1) is 28.0. The monoisotopic (exact) mass is 585 g/mol. The van der Waals surface area contributed by atoms with Crippen molar-refractivity contribution in [3.63, 3.8) is 0 Å². The van der Waals surface area contributed by atoms with Gasteiger partial charge in [0.05, 0.1) is 17.1 Å². The Labute approximate surface area is 262 Å². The topological polar surface area (TPSA) is 62.3 Å². The number of carbonyl (C=O) groups is 2. The van der Waals surface area contributed by atoms with Crippen LogP contribution in [0.1, 0.15) is 31.8 Å². The molecule has 0 atom stereocenters. The normalized spacial score (nSPS) is 12.1. The molecule has 0 spiro atoms.